The van der Waals surface area contributed by atoms with Gasteiger partial charge in [0.05, 0.1) is 6.07 Å². The minimum Gasteiger partial charge on any atom is -0.193 e. The molecule has 0 bridgehead atoms. The Labute approximate surface area is 87.2 Å². The van der Waals surface area contributed by atoms with Gasteiger partial charge in [0.1, 0.15) is 0 Å². The van der Waals surface area contributed by atoms with Gasteiger partial charge in [0.15, 0.2) is 0 Å². The molecular formula is C10H7Cl2N. The predicted octanol–water partition coefficient (Wildman–Crippen LogP) is 3.92. The predicted molar refractivity (Wildman–Crippen MR) is 55.7 cm³/mol. The van der Waals surface area contributed by atoms with Crippen LogP contribution in [-0.4, -0.2) is 0 Å². The molecule has 0 aliphatic rings. The zero-order valence-corrected chi connectivity index (χ0v) is 8.52. The second kappa shape index (κ2) is 4.32. The van der Waals surface area contributed by atoms with E-state index in [2.05, 4.69) is 0 Å². The van der Waals surface area contributed by atoms with Gasteiger partial charge in [0.25, 0.3) is 0 Å². The van der Waals surface area contributed by atoms with Gasteiger partial charge in [-0.05, 0) is 36.3 Å². The standard InChI is InChI=1S/C10H7Cl2N/c1-7(4-5-13)9-6-8(11)2-3-10(9)12/h2-4,6H,1H3/b7-4-. The van der Waals surface area contributed by atoms with Crippen molar-refractivity contribution in [3.8, 4) is 6.07 Å². The highest BCUT2D eigenvalue weighted by molar-refractivity contribution is 6.34. The van der Waals surface area contributed by atoms with Crippen molar-refractivity contribution in [3.05, 3.63) is 39.9 Å². The van der Waals surface area contributed by atoms with Gasteiger partial charge >= 0.3 is 0 Å². The van der Waals surface area contributed by atoms with Crippen LogP contribution in [0.3, 0.4) is 0 Å². The molecule has 0 saturated heterocycles. The second-order valence-corrected chi connectivity index (χ2v) is 3.42. The van der Waals surface area contributed by atoms with Crippen molar-refractivity contribution in [1.29, 1.82) is 5.26 Å². The summed E-state index contributed by atoms with van der Waals surface area (Å²) >= 11 is 11.7. The third-order valence-corrected chi connectivity index (χ3v) is 2.20. The minimum absolute atomic E-state index is 0.605. The zero-order valence-electron chi connectivity index (χ0n) is 7.01. The zero-order chi connectivity index (χ0) is 9.84. The van der Waals surface area contributed by atoms with E-state index in [1.165, 1.54) is 6.08 Å². The summed E-state index contributed by atoms with van der Waals surface area (Å²) in [4.78, 5) is 0. The molecule has 0 spiro atoms. The third kappa shape index (κ3) is 2.48. The lowest BCUT2D eigenvalue weighted by molar-refractivity contribution is 1.51. The van der Waals surface area contributed by atoms with Crippen molar-refractivity contribution in [2.24, 2.45) is 0 Å². The molecule has 0 radical (unpaired) electrons. The number of hydrogen-bond donors (Lipinski definition) is 0. The van der Waals surface area contributed by atoms with E-state index in [1.807, 2.05) is 13.0 Å². The first kappa shape index (κ1) is 10.1. The van der Waals surface area contributed by atoms with Gasteiger partial charge in [-0.1, -0.05) is 23.2 Å². The van der Waals surface area contributed by atoms with Gasteiger partial charge in [-0.2, -0.15) is 5.26 Å². The number of allylic oxidation sites excluding steroid dienone is 2. The van der Waals surface area contributed by atoms with Crippen LogP contribution < -0.4 is 0 Å². The van der Waals surface area contributed by atoms with Gasteiger partial charge in [-0.15, -0.1) is 0 Å². The maximum atomic E-state index is 8.46. The van der Waals surface area contributed by atoms with Crippen LogP contribution >= 0.6 is 23.2 Å². The molecular weight excluding hydrogens is 205 g/mol. The number of rotatable bonds is 1. The average molecular weight is 212 g/mol. The molecule has 1 nitrogen and oxygen atoms in total. The first-order valence-corrected chi connectivity index (χ1v) is 4.42. The van der Waals surface area contributed by atoms with Gasteiger partial charge in [-0.25, -0.2) is 0 Å². The normalized spacial score (nSPS) is 11.1. The molecule has 0 N–H and O–H groups in total. The Morgan fingerprint density at radius 2 is 2.15 bits per heavy atom. The van der Waals surface area contributed by atoms with Crippen LogP contribution in [0.4, 0.5) is 0 Å². The van der Waals surface area contributed by atoms with Gasteiger partial charge in [-0.3, -0.25) is 0 Å². The Balaban J connectivity index is 3.22. The van der Waals surface area contributed by atoms with E-state index in [0.29, 0.717) is 10.0 Å². The van der Waals surface area contributed by atoms with Crippen molar-refractivity contribution in [3.63, 3.8) is 0 Å². The second-order valence-electron chi connectivity index (χ2n) is 2.58. The molecule has 1 aromatic rings. The van der Waals surface area contributed by atoms with Crippen molar-refractivity contribution < 1.29 is 0 Å². The number of hydrogen-bond acceptors (Lipinski definition) is 1. The molecule has 0 fully saturated rings. The van der Waals surface area contributed by atoms with Crippen LogP contribution in [0.1, 0.15) is 12.5 Å². The molecule has 1 aromatic carbocycles. The number of benzene rings is 1. The first-order valence-electron chi connectivity index (χ1n) is 3.67. The van der Waals surface area contributed by atoms with Crippen molar-refractivity contribution in [2.75, 3.05) is 0 Å². The van der Waals surface area contributed by atoms with E-state index >= 15 is 0 Å². The van der Waals surface area contributed by atoms with E-state index in [9.17, 15) is 0 Å². The Bertz CT molecular complexity index is 388. The van der Waals surface area contributed by atoms with Crippen LogP contribution in [-0.2, 0) is 0 Å². The first-order chi connectivity index (χ1) is 6.15. The van der Waals surface area contributed by atoms with Crippen LogP contribution in [0, 0.1) is 11.3 Å². The van der Waals surface area contributed by atoms with Crippen LogP contribution in [0.2, 0.25) is 10.0 Å². The molecule has 0 saturated carbocycles. The summed E-state index contributed by atoms with van der Waals surface area (Å²) < 4.78 is 0. The Morgan fingerprint density at radius 1 is 1.46 bits per heavy atom. The molecule has 3 heteroatoms. The maximum Gasteiger partial charge on any atom is 0.0915 e. The maximum absolute atomic E-state index is 8.46. The fourth-order valence-corrected chi connectivity index (χ4v) is 1.41. The molecule has 0 heterocycles. The number of nitrogens with zero attached hydrogens (tertiary/aromatic N) is 1. The molecule has 0 atom stereocenters. The fourth-order valence-electron chi connectivity index (χ4n) is 0.974. The number of nitriles is 1. The monoisotopic (exact) mass is 211 g/mol. The summed E-state index contributed by atoms with van der Waals surface area (Å²) in [7, 11) is 0. The molecule has 1 rings (SSSR count). The van der Waals surface area contributed by atoms with Gasteiger partial charge in [0.2, 0.25) is 0 Å². The summed E-state index contributed by atoms with van der Waals surface area (Å²) in [5.41, 5.74) is 1.62. The van der Waals surface area contributed by atoms with Crippen molar-refractivity contribution >= 4 is 28.8 Å². The van der Waals surface area contributed by atoms with Crippen LogP contribution in [0.5, 0.6) is 0 Å². The lowest BCUT2D eigenvalue weighted by atomic mass is 10.1. The van der Waals surface area contributed by atoms with Crippen LogP contribution in [0.25, 0.3) is 5.57 Å². The third-order valence-electron chi connectivity index (χ3n) is 1.63. The van der Waals surface area contributed by atoms with Crippen LogP contribution in [0.15, 0.2) is 24.3 Å². The van der Waals surface area contributed by atoms with Crippen molar-refractivity contribution in [2.45, 2.75) is 6.92 Å². The molecule has 0 aromatic heterocycles. The van der Waals surface area contributed by atoms with Gasteiger partial charge < -0.3 is 0 Å². The van der Waals surface area contributed by atoms with E-state index in [0.717, 1.165) is 11.1 Å². The Kier molecular flexibility index (Phi) is 3.36. The molecule has 0 amide bonds. The van der Waals surface area contributed by atoms with E-state index < -0.39 is 0 Å². The van der Waals surface area contributed by atoms with E-state index in [1.54, 1.807) is 18.2 Å². The highest BCUT2D eigenvalue weighted by atomic mass is 35.5. The molecule has 13 heavy (non-hydrogen) atoms. The minimum atomic E-state index is 0.605. The summed E-state index contributed by atoms with van der Waals surface area (Å²) in [6.07, 6.45) is 1.44. The summed E-state index contributed by atoms with van der Waals surface area (Å²) in [6.45, 7) is 1.82. The van der Waals surface area contributed by atoms with E-state index in [-0.39, 0.29) is 0 Å². The SMILES string of the molecule is C/C(=C/C#N)c1cc(Cl)ccc1Cl. The van der Waals surface area contributed by atoms with E-state index in [4.69, 9.17) is 28.5 Å². The van der Waals surface area contributed by atoms with Crippen molar-refractivity contribution in [1.82, 2.24) is 0 Å². The number of halogens is 2. The lowest BCUT2D eigenvalue weighted by Gasteiger charge is -2.03. The molecule has 66 valence electrons. The Morgan fingerprint density at radius 3 is 2.77 bits per heavy atom. The van der Waals surface area contributed by atoms with Gasteiger partial charge in [0, 0.05) is 16.1 Å². The lowest BCUT2D eigenvalue weighted by Crippen LogP contribution is -1.81. The fraction of sp³-hybridized carbons (Fsp3) is 0.100. The highest BCUT2D eigenvalue weighted by Gasteiger charge is 2.02. The highest BCUT2D eigenvalue weighted by Crippen LogP contribution is 2.26. The molecule has 0 aliphatic carbocycles. The molecule has 0 aliphatic heterocycles. The summed E-state index contributed by atoms with van der Waals surface area (Å²) in [5.74, 6) is 0. The largest absolute Gasteiger partial charge is 0.193 e. The summed E-state index contributed by atoms with van der Waals surface area (Å²) in [6, 6.07) is 7.12. The smallest absolute Gasteiger partial charge is 0.0915 e. The Hall–Kier alpha value is -0.970. The summed E-state index contributed by atoms with van der Waals surface area (Å²) in [5, 5.41) is 9.68. The molecule has 0 unspecified atom stereocenters. The quantitative estimate of drug-likeness (QED) is 0.647. The topological polar surface area (TPSA) is 23.8 Å². The average Bonchev–Trinajstić information content (AvgIpc) is 2.09.